The summed E-state index contributed by atoms with van der Waals surface area (Å²) in [5.74, 6) is 0.607. The number of hydrogen-bond acceptors (Lipinski definition) is 3. The molecule has 1 heterocycles. The fraction of sp³-hybridized carbons (Fsp3) is 0.625. The molecule has 0 aliphatic carbocycles. The van der Waals surface area contributed by atoms with Crippen LogP contribution in [0.2, 0.25) is 5.02 Å². The summed E-state index contributed by atoms with van der Waals surface area (Å²) in [5.41, 5.74) is 2.44. The van der Waals surface area contributed by atoms with Crippen LogP contribution in [-0.2, 0) is 11.3 Å². The first-order valence-electron chi connectivity index (χ1n) is 7.43. The number of anilines is 1. The predicted octanol–water partition coefficient (Wildman–Crippen LogP) is 3.31. The molecule has 2 atom stereocenters. The zero-order valence-electron chi connectivity index (χ0n) is 12.7. The lowest BCUT2D eigenvalue weighted by Crippen LogP contribution is -2.44. The highest BCUT2D eigenvalue weighted by Gasteiger charge is 2.28. The Labute approximate surface area is 127 Å². The second-order valence-corrected chi connectivity index (χ2v) is 5.92. The highest BCUT2D eigenvalue weighted by Crippen LogP contribution is 2.33. The molecule has 0 aromatic heterocycles. The molecule has 2 rings (SSSR count). The Kier molecular flexibility index (Phi) is 5.70. The molecule has 1 saturated heterocycles. The second kappa shape index (κ2) is 7.30. The van der Waals surface area contributed by atoms with Gasteiger partial charge in [0.25, 0.3) is 0 Å². The number of nitrogens with one attached hydrogen (secondary N) is 1. The number of para-hydroxylation sites is 1. The third-order valence-electron chi connectivity index (χ3n) is 4.14. The van der Waals surface area contributed by atoms with E-state index in [1.165, 1.54) is 11.3 Å². The Bertz CT molecular complexity index is 438. The van der Waals surface area contributed by atoms with E-state index in [2.05, 4.69) is 30.1 Å². The van der Waals surface area contributed by atoms with E-state index in [0.717, 1.165) is 37.6 Å². The first kappa shape index (κ1) is 15.6. The van der Waals surface area contributed by atoms with Crippen LogP contribution in [0.1, 0.15) is 25.8 Å². The molecule has 1 fully saturated rings. The maximum Gasteiger partial charge on any atom is 0.0772 e. The molecule has 0 spiro atoms. The summed E-state index contributed by atoms with van der Waals surface area (Å²) in [5, 5.41) is 4.23. The largest absolute Gasteiger partial charge is 0.379 e. The zero-order chi connectivity index (χ0) is 14.5. The molecule has 1 aromatic carbocycles. The molecule has 0 saturated carbocycles. The highest BCUT2D eigenvalue weighted by atomic mass is 35.5. The van der Waals surface area contributed by atoms with Gasteiger partial charge < -0.3 is 15.0 Å². The lowest BCUT2D eigenvalue weighted by molar-refractivity contribution is 0.0498. The predicted molar refractivity (Wildman–Crippen MR) is 85.6 cm³/mol. The van der Waals surface area contributed by atoms with Gasteiger partial charge in [0.2, 0.25) is 0 Å². The minimum Gasteiger partial charge on any atom is -0.379 e. The van der Waals surface area contributed by atoms with Gasteiger partial charge in [-0.3, -0.25) is 0 Å². The minimum absolute atomic E-state index is 0.284. The molecule has 2 unspecified atom stereocenters. The average molecular weight is 297 g/mol. The molecule has 1 N–H and O–H groups in total. The number of rotatable bonds is 5. The number of methoxy groups -OCH3 is 1. The van der Waals surface area contributed by atoms with Crippen LogP contribution in [-0.4, -0.2) is 32.8 Å². The summed E-state index contributed by atoms with van der Waals surface area (Å²) in [6.07, 6.45) is 1.43. The normalized spacial score (nSPS) is 23.1. The van der Waals surface area contributed by atoms with Crippen LogP contribution < -0.4 is 10.2 Å². The summed E-state index contributed by atoms with van der Waals surface area (Å²) in [6, 6.07) is 6.16. The maximum absolute atomic E-state index is 6.46. The van der Waals surface area contributed by atoms with Crippen molar-refractivity contribution in [3.05, 3.63) is 28.8 Å². The molecular weight excluding hydrogens is 272 g/mol. The Balaban J connectivity index is 2.22. The van der Waals surface area contributed by atoms with E-state index < -0.39 is 0 Å². The van der Waals surface area contributed by atoms with Gasteiger partial charge in [0.1, 0.15) is 0 Å². The Morgan fingerprint density at radius 3 is 2.95 bits per heavy atom. The zero-order valence-corrected chi connectivity index (χ0v) is 13.4. The Morgan fingerprint density at radius 1 is 1.45 bits per heavy atom. The molecular formula is C16H25ClN2O. The van der Waals surface area contributed by atoms with Gasteiger partial charge in [-0.05, 0) is 30.5 Å². The summed E-state index contributed by atoms with van der Waals surface area (Å²) in [7, 11) is 1.80. The smallest absolute Gasteiger partial charge is 0.0772 e. The molecule has 1 aliphatic rings. The first-order valence-corrected chi connectivity index (χ1v) is 7.81. The molecule has 3 nitrogen and oxygen atoms in total. The van der Waals surface area contributed by atoms with Crippen LogP contribution >= 0.6 is 11.6 Å². The van der Waals surface area contributed by atoms with E-state index in [0.29, 0.717) is 5.92 Å². The number of halogens is 1. The molecule has 0 bridgehead atoms. The van der Waals surface area contributed by atoms with E-state index in [9.17, 15) is 0 Å². The van der Waals surface area contributed by atoms with Crippen LogP contribution in [0.3, 0.4) is 0 Å². The Hall–Kier alpha value is -0.770. The topological polar surface area (TPSA) is 24.5 Å². The van der Waals surface area contributed by atoms with Crippen LogP contribution in [0.15, 0.2) is 18.2 Å². The third-order valence-corrected chi connectivity index (χ3v) is 4.45. The van der Waals surface area contributed by atoms with E-state index in [1.54, 1.807) is 7.11 Å². The summed E-state index contributed by atoms with van der Waals surface area (Å²) in [6.45, 7) is 8.16. The number of ether oxygens (including phenoxy) is 1. The molecule has 1 aliphatic heterocycles. The molecule has 0 radical (unpaired) electrons. The second-order valence-electron chi connectivity index (χ2n) is 5.51. The van der Waals surface area contributed by atoms with Gasteiger partial charge in [0.05, 0.1) is 16.8 Å². The van der Waals surface area contributed by atoms with Crippen LogP contribution in [0.25, 0.3) is 0 Å². The number of piperidine rings is 1. The number of hydrogen-bond donors (Lipinski definition) is 1. The lowest BCUT2D eigenvalue weighted by Gasteiger charge is -2.39. The summed E-state index contributed by atoms with van der Waals surface area (Å²) >= 11 is 6.46. The fourth-order valence-electron chi connectivity index (χ4n) is 2.86. The third kappa shape index (κ3) is 3.46. The standard InChI is InChI=1S/C16H25ClN2O/c1-4-18-10-13-6-5-7-14(17)16(13)19-9-8-12(2)15(11-19)20-3/h5-7,12,15,18H,4,8-11H2,1-3H3. The van der Waals surface area contributed by atoms with Crippen molar-refractivity contribution in [2.75, 3.05) is 31.6 Å². The Morgan fingerprint density at radius 2 is 2.25 bits per heavy atom. The van der Waals surface area contributed by atoms with Gasteiger partial charge in [0.15, 0.2) is 0 Å². The lowest BCUT2D eigenvalue weighted by atomic mass is 9.95. The van der Waals surface area contributed by atoms with E-state index in [1.807, 2.05) is 12.1 Å². The minimum atomic E-state index is 0.284. The van der Waals surface area contributed by atoms with Crippen molar-refractivity contribution in [1.82, 2.24) is 5.32 Å². The fourth-order valence-corrected chi connectivity index (χ4v) is 3.17. The van der Waals surface area contributed by atoms with Crippen molar-refractivity contribution in [3.8, 4) is 0 Å². The monoisotopic (exact) mass is 296 g/mol. The quantitative estimate of drug-likeness (QED) is 0.902. The first-order chi connectivity index (χ1) is 9.67. The van der Waals surface area contributed by atoms with E-state index >= 15 is 0 Å². The van der Waals surface area contributed by atoms with Gasteiger partial charge in [-0.1, -0.05) is 37.6 Å². The van der Waals surface area contributed by atoms with Crippen molar-refractivity contribution in [2.45, 2.75) is 32.9 Å². The summed E-state index contributed by atoms with van der Waals surface area (Å²) in [4.78, 5) is 2.38. The molecule has 20 heavy (non-hydrogen) atoms. The number of benzene rings is 1. The van der Waals surface area contributed by atoms with Crippen molar-refractivity contribution < 1.29 is 4.74 Å². The molecule has 1 aromatic rings. The molecule has 4 heteroatoms. The molecule has 0 amide bonds. The summed E-state index contributed by atoms with van der Waals surface area (Å²) < 4.78 is 5.62. The van der Waals surface area contributed by atoms with Gasteiger partial charge in [-0.15, -0.1) is 0 Å². The highest BCUT2D eigenvalue weighted by molar-refractivity contribution is 6.33. The molecule has 112 valence electrons. The van der Waals surface area contributed by atoms with E-state index in [-0.39, 0.29) is 6.10 Å². The van der Waals surface area contributed by atoms with Gasteiger partial charge in [-0.2, -0.15) is 0 Å². The van der Waals surface area contributed by atoms with Crippen LogP contribution in [0.5, 0.6) is 0 Å². The van der Waals surface area contributed by atoms with Crippen molar-refractivity contribution >= 4 is 17.3 Å². The number of nitrogens with zero attached hydrogens (tertiary/aromatic N) is 1. The van der Waals surface area contributed by atoms with Gasteiger partial charge in [-0.25, -0.2) is 0 Å². The van der Waals surface area contributed by atoms with Gasteiger partial charge >= 0.3 is 0 Å². The SMILES string of the molecule is CCNCc1cccc(Cl)c1N1CCC(C)C(OC)C1. The maximum atomic E-state index is 6.46. The van der Waals surface area contributed by atoms with Crippen LogP contribution in [0, 0.1) is 5.92 Å². The van der Waals surface area contributed by atoms with Crippen molar-refractivity contribution in [2.24, 2.45) is 5.92 Å². The van der Waals surface area contributed by atoms with Crippen molar-refractivity contribution in [1.29, 1.82) is 0 Å². The van der Waals surface area contributed by atoms with Gasteiger partial charge in [0, 0.05) is 26.7 Å². The van der Waals surface area contributed by atoms with E-state index in [4.69, 9.17) is 16.3 Å². The average Bonchev–Trinajstić information content (AvgIpc) is 2.46. The van der Waals surface area contributed by atoms with Crippen LogP contribution in [0.4, 0.5) is 5.69 Å². The van der Waals surface area contributed by atoms with Crippen molar-refractivity contribution in [3.63, 3.8) is 0 Å².